The zero-order valence-electron chi connectivity index (χ0n) is 18.3. The Hall–Kier alpha value is -1.93. The Balaban J connectivity index is 1.73. The largest absolute Gasteiger partial charge is 0.379 e. The molecule has 0 amide bonds. The molecule has 0 N–H and O–H groups in total. The van der Waals surface area contributed by atoms with Crippen molar-refractivity contribution in [2.45, 2.75) is 66.8 Å². The van der Waals surface area contributed by atoms with Gasteiger partial charge < -0.3 is 4.74 Å². The molecule has 1 saturated heterocycles. The van der Waals surface area contributed by atoms with Crippen molar-refractivity contribution in [1.29, 1.82) is 5.26 Å². The van der Waals surface area contributed by atoms with Crippen LogP contribution in [-0.4, -0.2) is 59.0 Å². The molecule has 8 nitrogen and oxygen atoms in total. The molecule has 0 spiro atoms. The van der Waals surface area contributed by atoms with Crippen molar-refractivity contribution in [1.82, 2.24) is 19.1 Å². The molecular weight excluding hydrogens is 446 g/mol. The number of nitrogens with zero attached hydrogens (tertiary/aromatic N) is 5. The number of nitriles is 1. The Labute approximate surface area is 194 Å². The first-order valence-electron chi connectivity index (χ1n) is 11.2. The van der Waals surface area contributed by atoms with E-state index < -0.39 is 10.0 Å². The maximum Gasteiger partial charge on any atom is 0.243 e. The van der Waals surface area contributed by atoms with Gasteiger partial charge in [0.25, 0.3) is 0 Å². The molecule has 2 heterocycles. The number of aromatic nitrogens is 3. The van der Waals surface area contributed by atoms with Gasteiger partial charge in [0.2, 0.25) is 10.0 Å². The van der Waals surface area contributed by atoms with E-state index in [0.29, 0.717) is 32.1 Å². The Morgan fingerprint density at radius 3 is 2.56 bits per heavy atom. The van der Waals surface area contributed by atoms with Crippen LogP contribution in [0.5, 0.6) is 0 Å². The first kappa shape index (κ1) is 23.2. The van der Waals surface area contributed by atoms with Gasteiger partial charge in [-0.2, -0.15) is 9.57 Å². The molecule has 1 aliphatic heterocycles. The van der Waals surface area contributed by atoms with Gasteiger partial charge in [-0.25, -0.2) is 8.42 Å². The lowest BCUT2D eigenvalue weighted by molar-refractivity contribution is 0.0730. The molecular formula is C22H29N5O3S2. The van der Waals surface area contributed by atoms with Crippen LogP contribution in [0.25, 0.3) is 11.4 Å². The summed E-state index contributed by atoms with van der Waals surface area (Å²) in [7, 11) is -3.60. The van der Waals surface area contributed by atoms with Crippen LogP contribution < -0.4 is 0 Å². The highest BCUT2D eigenvalue weighted by atomic mass is 32.2. The van der Waals surface area contributed by atoms with E-state index in [1.54, 1.807) is 18.2 Å². The van der Waals surface area contributed by atoms with E-state index in [1.165, 1.54) is 28.9 Å². The van der Waals surface area contributed by atoms with Crippen molar-refractivity contribution in [2.75, 3.05) is 26.3 Å². The summed E-state index contributed by atoms with van der Waals surface area (Å²) in [6.45, 7) is 3.39. The zero-order valence-corrected chi connectivity index (χ0v) is 19.9. The molecule has 10 heteroatoms. The molecule has 0 bridgehead atoms. The third-order valence-corrected chi connectivity index (χ3v) is 8.86. The highest BCUT2D eigenvalue weighted by molar-refractivity contribution is 8.00. The van der Waals surface area contributed by atoms with Crippen molar-refractivity contribution in [3.63, 3.8) is 0 Å². The number of rotatable bonds is 6. The lowest BCUT2D eigenvalue weighted by Gasteiger charge is -2.26. The van der Waals surface area contributed by atoms with Crippen LogP contribution in [0.3, 0.4) is 0 Å². The summed E-state index contributed by atoms with van der Waals surface area (Å²) >= 11 is 1.41. The van der Waals surface area contributed by atoms with Crippen LogP contribution in [0.1, 0.15) is 51.5 Å². The second kappa shape index (κ2) is 10.3. The Kier molecular flexibility index (Phi) is 7.51. The fourth-order valence-electron chi connectivity index (χ4n) is 4.32. The summed E-state index contributed by atoms with van der Waals surface area (Å²) < 4.78 is 35.3. The molecule has 172 valence electrons. The molecule has 1 saturated carbocycles. The highest BCUT2D eigenvalue weighted by Crippen LogP contribution is 2.36. The minimum Gasteiger partial charge on any atom is -0.379 e. The van der Waals surface area contributed by atoms with E-state index in [9.17, 15) is 13.7 Å². The number of hydrogen-bond acceptors (Lipinski definition) is 7. The third-order valence-electron chi connectivity index (χ3n) is 6.02. The van der Waals surface area contributed by atoms with Gasteiger partial charge >= 0.3 is 0 Å². The van der Waals surface area contributed by atoms with Crippen molar-refractivity contribution < 1.29 is 13.2 Å². The average Bonchev–Trinajstić information content (AvgIpc) is 3.04. The Bertz CT molecular complexity index is 1070. The van der Waals surface area contributed by atoms with Gasteiger partial charge in [0, 0.05) is 24.7 Å². The number of morpholine rings is 1. The standard InChI is InChI=1S/C22H29N5O3S2/c1-17(16-23)31-22-25-24-21(27(22)19-8-4-2-3-5-9-19)18-7-6-10-20(15-18)32(28,29)26-11-13-30-14-12-26/h6-7,10,15,17,19H,2-5,8-9,11-14H2,1H3. The Morgan fingerprint density at radius 2 is 1.88 bits per heavy atom. The number of thioether (sulfide) groups is 1. The fourth-order valence-corrected chi connectivity index (χ4v) is 6.58. The van der Waals surface area contributed by atoms with E-state index in [0.717, 1.165) is 36.4 Å². The van der Waals surface area contributed by atoms with Crippen LogP contribution in [0.2, 0.25) is 0 Å². The lowest BCUT2D eigenvalue weighted by Crippen LogP contribution is -2.40. The van der Waals surface area contributed by atoms with Crippen molar-refractivity contribution >= 4 is 21.8 Å². The van der Waals surface area contributed by atoms with E-state index >= 15 is 0 Å². The summed E-state index contributed by atoms with van der Waals surface area (Å²) in [6.07, 6.45) is 6.80. The molecule has 2 aliphatic rings. The minimum atomic E-state index is -3.60. The van der Waals surface area contributed by atoms with Crippen LogP contribution >= 0.6 is 11.8 Å². The predicted octanol–water partition coefficient (Wildman–Crippen LogP) is 3.87. The summed E-state index contributed by atoms with van der Waals surface area (Å²) in [5.41, 5.74) is 0.729. The number of sulfonamides is 1. The molecule has 32 heavy (non-hydrogen) atoms. The second-order valence-corrected chi connectivity index (χ2v) is 11.5. The smallest absolute Gasteiger partial charge is 0.243 e. The molecule has 2 fully saturated rings. The van der Waals surface area contributed by atoms with Gasteiger partial charge in [0.15, 0.2) is 11.0 Å². The average molecular weight is 476 g/mol. The molecule has 1 aliphatic carbocycles. The van der Waals surface area contributed by atoms with Gasteiger partial charge in [0.1, 0.15) is 0 Å². The SMILES string of the molecule is CC(C#N)Sc1nnc(-c2cccc(S(=O)(=O)N3CCOCC3)c2)n1C1CCCCCC1. The van der Waals surface area contributed by atoms with Gasteiger partial charge in [-0.05, 0) is 31.9 Å². The van der Waals surface area contributed by atoms with E-state index in [-0.39, 0.29) is 16.2 Å². The Morgan fingerprint density at radius 1 is 1.16 bits per heavy atom. The van der Waals surface area contributed by atoms with Gasteiger partial charge in [-0.3, -0.25) is 4.57 Å². The van der Waals surface area contributed by atoms with Crippen molar-refractivity contribution in [2.24, 2.45) is 0 Å². The van der Waals surface area contributed by atoms with E-state index in [1.807, 2.05) is 13.0 Å². The summed E-state index contributed by atoms with van der Waals surface area (Å²) in [6, 6.07) is 9.48. The molecule has 4 rings (SSSR count). The van der Waals surface area contributed by atoms with Gasteiger partial charge in [0.05, 0.1) is 29.4 Å². The second-order valence-electron chi connectivity index (χ2n) is 8.26. The third kappa shape index (κ3) is 5.01. The molecule has 1 aromatic heterocycles. The first-order chi connectivity index (χ1) is 15.5. The number of benzene rings is 1. The van der Waals surface area contributed by atoms with E-state index in [2.05, 4.69) is 20.8 Å². The predicted molar refractivity (Wildman–Crippen MR) is 123 cm³/mol. The molecule has 0 radical (unpaired) electrons. The lowest BCUT2D eigenvalue weighted by atomic mass is 10.1. The monoisotopic (exact) mass is 475 g/mol. The number of ether oxygens (including phenoxy) is 1. The van der Waals surface area contributed by atoms with E-state index in [4.69, 9.17) is 4.74 Å². The van der Waals surface area contributed by atoms with Gasteiger partial charge in [-0.15, -0.1) is 10.2 Å². The summed E-state index contributed by atoms with van der Waals surface area (Å²) in [5.74, 6) is 0.670. The topological polar surface area (TPSA) is 101 Å². The maximum absolute atomic E-state index is 13.2. The maximum atomic E-state index is 13.2. The quantitative estimate of drug-likeness (QED) is 0.462. The normalized spacial score (nSPS) is 19.9. The highest BCUT2D eigenvalue weighted by Gasteiger charge is 2.28. The molecule has 1 atom stereocenters. The molecule has 2 aromatic rings. The van der Waals surface area contributed by atoms with Crippen molar-refractivity contribution in [3.8, 4) is 17.5 Å². The van der Waals surface area contributed by atoms with Gasteiger partial charge in [-0.1, -0.05) is 49.6 Å². The fraction of sp³-hybridized carbons (Fsp3) is 0.591. The molecule has 1 aromatic carbocycles. The summed E-state index contributed by atoms with van der Waals surface area (Å²) in [5, 5.41) is 18.7. The van der Waals surface area contributed by atoms with Crippen LogP contribution in [0.4, 0.5) is 0 Å². The van der Waals surface area contributed by atoms with Crippen LogP contribution in [-0.2, 0) is 14.8 Å². The summed E-state index contributed by atoms with van der Waals surface area (Å²) in [4.78, 5) is 0.256. The first-order valence-corrected chi connectivity index (χ1v) is 13.5. The van der Waals surface area contributed by atoms with Crippen molar-refractivity contribution in [3.05, 3.63) is 24.3 Å². The van der Waals surface area contributed by atoms with Crippen LogP contribution in [0, 0.1) is 11.3 Å². The number of hydrogen-bond donors (Lipinski definition) is 0. The van der Waals surface area contributed by atoms with Crippen LogP contribution in [0.15, 0.2) is 34.3 Å². The molecule has 1 unspecified atom stereocenters. The zero-order chi connectivity index (χ0) is 22.6. The minimum absolute atomic E-state index is 0.246.